The van der Waals surface area contributed by atoms with E-state index in [1.54, 1.807) is 17.9 Å². The number of carbonyl (C=O) groups excluding carboxylic acids is 2. The minimum atomic E-state index is -0.506. The van der Waals surface area contributed by atoms with Gasteiger partial charge >= 0.3 is 0 Å². The maximum atomic E-state index is 12.7. The third-order valence-corrected chi connectivity index (χ3v) is 4.22. The van der Waals surface area contributed by atoms with E-state index < -0.39 is 10.8 Å². The summed E-state index contributed by atoms with van der Waals surface area (Å²) in [5, 5.41) is 18.8. The molecule has 2 rings (SSSR count). The van der Waals surface area contributed by atoms with Crippen molar-refractivity contribution in [3.05, 3.63) is 45.8 Å². The fraction of sp³-hybridized carbons (Fsp3) is 0.412. The van der Waals surface area contributed by atoms with E-state index in [-0.39, 0.29) is 23.8 Å². The predicted molar refractivity (Wildman–Crippen MR) is 97.6 cm³/mol. The van der Waals surface area contributed by atoms with E-state index >= 15 is 0 Å². The van der Waals surface area contributed by atoms with Gasteiger partial charge in [0, 0.05) is 32.3 Å². The summed E-state index contributed by atoms with van der Waals surface area (Å²) in [5.41, 5.74) is 0.867. The second-order valence-electron chi connectivity index (χ2n) is 5.94. The van der Waals surface area contributed by atoms with Gasteiger partial charge < -0.3 is 9.80 Å². The largest absolute Gasteiger partial charge is 0.342 e. The Labute approximate surface area is 156 Å². The first-order chi connectivity index (χ1) is 12.8. The van der Waals surface area contributed by atoms with Gasteiger partial charge in [-0.25, -0.2) is 4.68 Å². The molecule has 1 aromatic heterocycles. The van der Waals surface area contributed by atoms with Crippen molar-refractivity contribution in [2.75, 3.05) is 26.7 Å². The molecule has 1 heterocycles. The first kappa shape index (κ1) is 20.0. The van der Waals surface area contributed by atoms with Crippen LogP contribution < -0.4 is 0 Å². The van der Waals surface area contributed by atoms with Gasteiger partial charge in [-0.2, -0.15) is 0 Å². The number of benzene rings is 1. The number of hydrogen-bond acceptors (Lipinski definition) is 6. The van der Waals surface area contributed by atoms with Crippen LogP contribution in [-0.4, -0.2) is 68.2 Å². The van der Waals surface area contributed by atoms with E-state index in [1.165, 1.54) is 34.8 Å². The van der Waals surface area contributed by atoms with Crippen LogP contribution in [0.25, 0.3) is 5.69 Å². The molecule has 2 aromatic rings. The maximum absolute atomic E-state index is 12.7. The fourth-order valence-electron chi connectivity index (χ4n) is 2.64. The molecule has 0 aliphatic carbocycles. The molecule has 0 radical (unpaired) electrons. The van der Waals surface area contributed by atoms with Crippen LogP contribution in [-0.2, 0) is 4.79 Å². The second kappa shape index (κ2) is 8.39. The van der Waals surface area contributed by atoms with Gasteiger partial charge in [-0.3, -0.25) is 19.7 Å². The fourth-order valence-corrected chi connectivity index (χ4v) is 2.64. The maximum Gasteiger partial charge on any atom is 0.276 e. The minimum absolute atomic E-state index is 0.0659. The van der Waals surface area contributed by atoms with Gasteiger partial charge in [-0.05, 0) is 26.8 Å². The average Bonchev–Trinajstić information content (AvgIpc) is 3.03. The summed E-state index contributed by atoms with van der Waals surface area (Å²) in [6.07, 6.45) is 0. The molecule has 0 saturated heterocycles. The Kier molecular flexibility index (Phi) is 6.22. The van der Waals surface area contributed by atoms with Crippen LogP contribution in [0.4, 0.5) is 5.69 Å². The lowest BCUT2D eigenvalue weighted by Gasteiger charge is -2.22. The Bertz CT molecular complexity index is 859. The summed E-state index contributed by atoms with van der Waals surface area (Å²) in [5.74, 6) is -0.593. The van der Waals surface area contributed by atoms with Gasteiger partial charge in [0.15, 0.2) is 5.69 Å². The minimum Gasteiger partial charge on any atom is -0.342 e. The van der Waals surface area contributed by atoms with Gasteiger partial charge in [0.2, 0.25) is 5.91 Å². The molecule has 0 spiro atoms. The molecule has 0 saturated carbocycles. The van der Waals surface area contributed by atoms with Crippen molar-refractivity contribution in [3.8, 4) is 5.69 Å². The molecule has 0 aliphatic rings. The van der Waals surface area contributed by atoms with E-state index in [0.29, 0.717) is 24.5 Å². The molecule has 0 fully saturated rings. The van der Waals surface area contributed by atoms with Crippen LogP contribution in [0, 0.1) is 17.0 Å². The highest BCUT2D eigenvalue weighted by molar-refractivity contribution is 5.95. The first-order valence-electron chi connectivity index (χ1n) is 8.50. The average molecular weight is 374 g/mol. The molecule has 0 N–H and O–H groups in total. The van der Waals surface area contributed by atoms with Crippen molar-refractivity contribution >= 4 is 17.5 Å². The van der Waals surface area contributed by atoms with Crippen molar-refractivity contribution in [3.63, 3.8) is 0 Å². The molecular formula is C17H22N6O4. The lowest BCUT2D eigenvalue weighted by Crippen LogP contribution is -2.41. The third kappa shape index (κ3) is 4.27. The molecule has 144 valence electrons. The summed E-state index contributed by atoms with van der Waals surface area (Å²) in [6.45, 7) is 6.46. The van der Waals surface area contributed by atoms with Gasteiger partial charge in [-0.1, -0.05) is 11.3 Å². The molecule has 10 heteroatoms. The van der Waals surface area contributed by atoms with Crippen molar-refractivity contribution < 1.29 is 14.5 Å². The van der Waals surface area contributed by atoms with E-state index in [1.807, 2.05) is 13.8 Å². The summed E-state index contributed by atoms with van der Waals surface area (Å²) in [4.78, 5) is 38.2. The normalized spacial score (nSPS) is 10.5. The molecule has 0 unspecified atom stereocenters. The summed E-state index contributed by atoms with van der Waals surface area (Å²) < 4.78 is 1.36. The van der Waals surface area contributed by atoms with Crippen molar-refractivity contribution in [1.82, 2.24) is 24.8 Å². The second-order valence-corrected chi connectivity index (χ2v) is 5.94. The SMILES string of the molecule is CCN(CC)C(=O)CN(C)C(=O)c1nnn(-c2cccc([N+](=O)[O-])c2)c1C. The number of amides is 2. The lowest BCUT2D eigenvalue weighted by atomic mass is 10.2. The predicted octanol–water partition coefficient (Wildman–Crippen LogP) is 1.42. The third-order valence-electron chi connectivity index (χ3n) is 4.22. The number of nitro groups is 1. The number of hydrogen-bond donors (Lipinski definition) is 0. The van der Waals surface area contributed by atoms with Crippen molar-refractivity contribution in [2.45, 2.75) is 20.8 Å². The number of aromatic nitrogens is 3. The molecule has 10 nitrogen and oxygen atoms in total. The Balaban J connectivity index is 2.23. The monoisotopic (exact) mass is 374 g/mol. The number of rotatable bonds is 7. The van der Waals surface area contributed by atoms with Crippen molar-refractivity contribution in [1.29, 1.82) is 0 Å². The molecule has 27 heavy (non-hydrogen) atoms. The van der Waals surface area contributed by atoms with Gasteiger partial charge in [0.1, 0.15) is 0 Å². The molecule has 1 aromatic carbocycles. The van der Waals surface area contributed by atoms with Crippen LogP contribution in [0.5, 0.6) is 0 Å². The Morgan fingerprint density at radius 3 is 2.52 bits per heavy atom. The van der Waals surface area contributed by atoms with Gasteiger partial charge in [0.25, 0.3) is 11.6 Å². The summed E-state index contributed by atoms with van der Waals surface area (Å²) in [6, 6.07) is 5.89. The Hall–Kier alpha value is -3.30. The number of nitro benzene ring substituents is 1. The summed E-state index contributed by atoms with van der Waals surface area (Å²) in [7, 11) is 1.52. The van der Waals surface area contributed by atoms with Crippen LogP contribution in [0.3, 0.4) is 0 Å². The van der Waals surface area contributed by atoms with Crippen molar-refractivity contribution in [2.24, 2.45) is 0 Å². The first-order valence-corrected chi connectivity index (χ1v) is 8.50. The molecule has 2 amide bonds. The number of non-ortho nitro benzene ring substituents is 1. The summed E-state index contributed by atoms with van der Waals surface area (Å²) >= 11 is 0. The van der Waals surface area contributed by atoms with Crippen LogP contribution in [0.1, 0.15) is 30.0 Å². The number of likely N-dealkylation sites (N-methyl/N-ethyl adjacent to an activating group) is 2. The van der Waals surface area contributed by atoms with E-state index in [9.17, 15) is 19.7 Å². The number of nitrogens with zero attached hydrogens (tertiary/aromatic N) is 6. The Morgan fingerprint density at radius 2 is 1.93 bits per heavy atom. The smallest absolute Gasteiger partial charge is 0.276 e. The zero-order valence-electron chi connectivity index (χ0n) is 15.7. The van der Waals surface area contributed by atoms with Crippen LogP contribution in [0.2, 0.25) is 0 Å². The molecular weight excluding hydrogens is 352 g/mol. The topological polar surface area (TPSA) is 114 Å². The zero-order valence-corrected chi connectivity index (χ0v) is 15.7. The lowest BCUT2D eigenvalue weighted by molar-refractivity contribution is -0.384. The highest BCUT2D eigenvalue weighted by atomic mass is 16.6. The highest BCUT2D eigenvalue weighted by Gasteiger charge is 2.23. The van der Waals surface area contributed by atoms with Gasteiger partial charge in [-0.15, -0.1) is 5.10 Å². The van der Waals surface area contributed by atoms with E-state index in [0.717, 1.165) is 0 Å². The Morgan fingerprint density at radius 1 is 1.26 bits per heavy atom. The molecule has 0 aliphatic heterocycles. The van der Waals surface area contributed by atoms with E-state index in [4.69, 9.17) is 0 Å². The van der Waals surface area contributed by atoms with E-state index in [2.05, 4.69) is 10.3 Å². The quantitative estimate of drug-likeness (QED) is 0.535. The van der Waals surface area contributed by atoms with Crippen LogP contribution in [0.15, 0.2) is 24.3 Å². The molecule has 0 bridgehead atoms. The number of carbonyl (C=O) groups is 2. The zero-order chi connectivity index (χ0) is 20.1. The molecule has 0 atom stereocenters. The highest BCUT2D eigenvalue weighted by Crippen LogP contribution is 2.18. The standard InChI is InChI=1S/C17H22N6O4/c1-5-21(6-2)15(24)11-20(4)17(25)16-12(3)22(19-18-16)13-8-7-9-14(10-13)23(26)27/h7-10H,5-6,11H2,1-4H3. The van der Waals surface area contributed by atoms with Crippen LogP contribution >= 0.6 is 0 Å². The van der Waals surface area contributed by atoms with Gasteiger partial charge in [0.05, 0.1) is 22.8 Å².